The molecule has 3 rings (SSSR count). The summed E-state index contributed by atoms with van der Waals surface area (Å²) in [5.74, 6) is 0.761. The van der Waals surface area contributed by atoms with Crippen LogP contribution in [0.25, 0.3) is 11.3 Å². The van der Waals surface area contributed by atoms with Crippen molar-refractivity contribution in [3.8, 4) is 17.0 Å². The van der Waals surface area contributed by atoms with E-state index in [1.807, 2.05) is 67.2 Å². The van der Waals surface area contributed by atoms with Gasteiger partial charge in [-0.2, -0.15) is 10.2 Å². The molecular formula is C22H25N5OS. The van der Waals surface area contributed by atoms with E-state index in [1.54, 1.807) is 13.3 Å². The first-order valence-corrected chi connectivity index (χ1v) is 9.82. The van der Waals surface area contributed by atoms with E-state index < -0.39 is 0 Å². The molecule has 150 valence electrons. The maximum atomic E-state index is 5.53. The van der Waals surface area contributed by atoms with Crippen LogP contribution in [-0.4, -0.2) is 34.3 Å². The van der Waals surface area contributed by atoms with Gasteiger partial charge in [-0.25, -0.2) is 0 Å². The molecule has 0 spiro atoms. The summed E-state index contributed by atoms with van der Waals surface area (Å²) in [6.07, 6.45) is 3.70. The Bertz CT molecular complexity index is 982. The minimum Gasteiger partial charge on any atom is -0.496 e. The lowest BCUT2D eigenvalue weighted by atomic mass is 10.1. The molecule has 3 aromatic rings. The molecule has 0 aliphatic rings. The molecule has 0 aliphatic carbocycles. The number of aromatic nitrogens is 2. The number of hydrazone groups is 1. The van der Waals surface area contributed by atoms with Gasteiger partial charge >= 0.3 is 0 Å². The van der Waals surface area contributed by atoms with Gasteiger partial charge in [0.15, 0.2) is 5.11 Å². The fourth-order valence-corrected chi connectivity index (χ4v) is 3.18. The Labute approximate surface area is 176 Å². The molecule has 1 aromatic heterocycles. The molecule has 0 radical (unpaired) electrons. The smallest absolute Gasteiger partial charge is 0.187 e. The first-order valence-electron chi connectivity index (χ1n) is 9.41. The lowest BCUT2D eigenvalue weighted by molar-refractivity contribution is 0.416. The van der Waals surface area contributed by atoms with Gasteiger partial charge in [0.2, 0.25) is 0 Å². The molecule has 2 N–H and O–H groups in total. The van der Waals surface area contributed by atoms with E-state index in [0.29, 0.717) is 11.7 Å². The lowest BCUT2D eigenvalue weighted by Crippen LogP contribution is -2.36. The van der Waals surface area contributed by atoms with E-state index in [4.69, 9.17) is 22.1 Å². The minimum absolute atomic E-state index is 0.239. The Morgan fingerprint density at radius 2 is 1.90 bits per heavy atom. The van der Waals surface area contributed by atoms with E-state index >= 15 is 0 Å². The van der Waals surface area contributed by atoms with Crippen LogP contribution in [0.5, 0.6) is 5.75 Å². The Balaban J connectivity index is 1.91. The molecule has 29 heavy (non-hydrogen) atoms. The molecule has 0 atom stereocenters. The van der Waals surface area contributed by atoms with Crippen LogP contribution in [-0.2, 0) is 6.54 Å². The van der Waals surface area contributed by atoms with Crippen molar-refractivity contribution in [2.45, 2.75) is 26.4 Å². The van der Waals surface area contributed by atoms with Gasteiger partial charge in [0.25, 0.3) is 0 Å². The number of benzene rings is 2. The molecule has 0 aliphatic heterocycles. The van der Waals surface area contributed by atoms with E-state index in [2.05, 4.69) is 28.0 Å². The number of nitrogens with one attached hydrogen (secondary N) is 2. The zero-order valence-electron chi connectivity index (χ0n) is 16.8. The van der Waals surface area contributed by atoms with Crippen molar-refractivity contribution in [2.75, 3.05) is 7.11 Å². The van der Waals surface area contributed by atoms with Gasteiger partial charge in [-0.1, -0.05) is 42.5 Å². The second-order valence-electron chi connectivity index (χ2n) is 6.81. The molecule has 6 nitrogen and oxygen atoms in total. The first-order chi connectivity index (χ1) is 14.1. The topological polar surface area (TPSA) is 63.5 Å². The van der Waals surface area contributed by atoms with Gasteiger partial charge in [-0.3, -0.25) is 10.1 Å². The Morgan fingerprint density at radius 1 is 1.17 bits per heavy atom. The first kappa shape index (κ1) is 20.5. The fourth-order valence-electron chi connectivity index (χ4n) is 2.89. The molecule has 0 saturated heterocycles. The van der Waals surface area contributed by atoms with Crippen molar-refractivity contribution in [3.63, 3.8) is 0 Å². The SMILES string of the molecule is COc1ccccc1-c1nn(Cc2ccccc2)cc1/C=N\NC(=S)NC(C)C. The summed E-state index contributed by atoms with van der Waals surface area (Å²) >= 11 is 5.23. The number of methoxy groups -OCH3 is 1. The molecule has 0 unspecified atom stereocenters. The molecule has 1 heterocycles. The normalized spacial score (nSPS) is 11.0. The summed E-state index contributed by atoms with van der Waals surface area (Å²) in [7, 11) is 1.66. The third-order valence-electron chi connectivity index (χ3n) is 4.13. The summed E-state index contributed by atoms with van der Waals surface area (Å²) in [5, 5.41) is 12.7. The predicted molar refractivity (Wildman–Crippen MR) is 121 cm³/mol. The van der Waals surface area contributed by atoms with Crippen molar-refractivity contribution < 1.29 is 4.74 Å². The van der Waals surface area contributed by atoms with Gasteiger partial charge in [0.05, 0.1) is 19.9 Å². The van der Waals surface area contributed by atoms with Crippen LogP contribution in [0.1, 0.15) is 25.0 Å². The van der Waals surface area contributed by atoms with Crippen molar-refractivity contribution in [1.29, 1.82) is 0 Å². The quantitative estimate of drug-likeness (QED) is 0.354. The van der Waals surface area contributed by atoms with Crippen LogP contribution in [0.3, 0.4) is 0 Å². The number of thiocarbonyl (C=S) groups is 1. The number of ether oxygens (including phenoxy) is 1. The standard InChI is InChI=1S/C22H25N5OS/c1-16(2)24-22(29)25-23-13-18-15-27(14-17-9-5-4-6-10-17)26-21(18)19-11-7-8-12-20(19)28-3/h4-13,15-16H,14H2,1-3H3,(H2,24,25,29)/b23-13-. The molecule has 0 bridgehead atoms. The highest BCUT2D eigenvalue weighted by molar-refractivity contribution is 7.80. The number of para-hydroxylation sites is 1. The second kappa shape index (κ2) is 9.84. The Morgan fingerprint density at radius 3 is 2.62 bits per heavy atom. The van der Waals surface area contributed by atoms with Crippen LogP contribution >= 0.6 is 12.2 Å². The highest BCUT2D eigenvalue weighted by Gasteiger charge is 2.14. The van der Waals surface area contributed by atoms with Crippen molar-refractivity contribution in [1.82, 2.24) is 20.5 Å². The van der Waals surface area contributed by atoms with E-state index in [-0.39, 0.29) is 6.04 Å². The zero-order chi connectivity index (χ0) is 20.6. The van der Waals surface area contributed by atoms with E-state index in [0.717, 1.165) is 22.6 Å². The van der Waals surface area contributed by atoms with E-state index in [9.17, 15) is 0 Å². The third kappa shape index (κ3) is 5.65. The van der Waals surface area contributed by atoms with Gasteiger partial charge in [-0.05, 0) is 43.8 Å². The van der Waals surface area contributed by atoms with Crippen LogP contribution < -0.4 is 15.5 Å². The number of hydrogen-bond donors (Lipinski definition) is 2. The average Bonchev–Trinajstić information content (AvgIpc) is 3.10. The average molecular weight is 408 g/mol. The van der Waals surface area contributed by atoms with Crippen molar-refractivity contribution >= 4 is 23.5 Å². The largest absolute Gasteiger partial charge is 0.496 e. The summed E-state index contributed by atoms with van der Waals surface area (Å²) < 4.78 is 7.43. The van der Waals surface area contributed by atoms with Gasteiger partial charge in [-0.15, -0.1) is 0 Å². The summed E-state index contributed by atoms with van der Waals surface area (Å²) in [4.78, 5) is 0. The number of hydrogen-bond acceptors (Lipinski definition) is 4. The third-order valence-corrected chi connectivity index (χ3v) is 4.34. The highest BCUT2D eigenvalue weighted by Crippen LogP contribution is 2.30. The van der Waals surface area contributed by atoms with Crippen molar-refractivity contribution in [3.05, 3.63) is 71.9 Å². The monoisotopic (exact) mass is 407 g/mol. The molecule has 0 saturated carbocycles. The summed E-state index contributed by atoms with van der Waals surface area (Å²) in [6, 6.07) is 18.3. The maximum absolute atomic E-state index is 5.53. The number of rotatable bonds is 7. The van der Waals surface area contributed by atoms with Gasteiger partial charge < -0.3 is 10.1 Å². The van der Waals surface area contributed by atoms with Crippen LogP contribution in [0.4, 0.5) is 0 Å². The molecular weight excluding hydrogens is 382 g/mol. The summed E-state index contributed by atoms with van der Waals surface area (Å²) in [5.41, 5.74) is 6.59. The number of nitrogens with zero attached hydrogens (tertiary/aromatic N) is 3. The van der Waals surface area contributed by atoms with Gasteiger partial charge in [0.1, 0.15) is 11.4 Å². The molecule has 2 aromatic carbocycles. The molecule has 7 heteroatoms. The Kier molecular flexibility index (Phi) is 6.97. The zero-order valence-corrected chi connectivity index (χ0v) is 17.6. The lowest BCUT2D eigenvalue weighted by Gasteiger charge is -2.09. The highest BCUT2D eigenvalue weighted by atomic mass is 32.1. The van der Waals surface area contributed by atoms with E-state index in [1.165, 1.54) is 5.56 Å². The molecule has 0 amide bonds. The minimum atomic E-state index is 0.239. The fraction of sp³-hybridized carbons (Fsp3) is 0.227. The van der Waals surface area contributed by atoms with Crippen molar-refractivity contribution in [2.24, 2.45) is 5.10 Å². The van der Waals surface area contributed by atoms with Crippen LogP contribution in [0.15, 0.2) is 65.9 Å². The van der Waals surface area contributed by atoms with Crippen LogP contribution in [0.2, 0.25) is 0 Å². The Hall–Kier alpha value is -3.19. The van der Waals surface area contributed by atoms with Gasteiger partial charge in [0, 0.05) is 23.4 Å². The maximum Gasteiger partial charge on any atom is 0.187 e. The molecule has 0 fully saturated rings. The summed E-state index contributed by atoms with van der Waals surface area (Å²) in [6.45, 7) is 4.70. The van der Waals surface area contributed by atoms with Crippen LogP contribution in [0, 0.1) is 0 Å². The predicted octanol–water partition coefficient (Wildman–Crippen LogP) is 3.81. The second-order valence-corrected chi connectivity index (χ2v) is 7.22.